The Kier molecular flexibility index (Phi) is 9.21. The van der Waals surface area contributed by atoms with Gasteiger partial charge in [-0.2, -0.15) is 0 Å². The predicted octanol–water partition coefficient (Wildman–Crippen LogP) is 6.72. The molecule has 1 atom stereocenters. The van der Waals surface area contributed by atoms with Gasteiger partial charge in [0.2, 0.25) is 0 Å². The van der Waals surface area contributed by atoms with E-state index in [9.17, 15) is 14.7 Å². The summed E-state index contributed by atoms with van der Waals surface area (Å²) in [5.41, 5.74) is 1.11. The number of carboxylic acids is 1. The molecule has 3 aliphatic rings. The summed E-state index contributed by atoms with van der Waals surface area (Å²) in [5, 5.41) is 16.9. The summed E-state index contributed by atoms with van der Waals surface area (Å²) in [6.45, 7) is 4.41. The van der Waals surface area contributed by atoms with Crippen LogP contribution in [0, 0.1) is 0 Å². The molecule has 42 heavy (non-hydrogen) atoms. The van der Waals surface area contributed by atoms with E-state index in [4.69, 9.17) is 28.2 Å². The van der Waals surface area contributed by atoms with Crippen LogP contribution in [0.25, 0.3) is 10.6 Å². The third-order valence-electron chi connectivity index (χ3n) is 8.47. The van der Waals surface area contributed by atoms with Gasteiger partial charge in [0.1, 0.15) is 22.6 Å². The van der Waals surface area contributed by atoms with Crippen molar-refractivity contribution in [1.82, 2.24) is 14.9 Å². The molecule has 1 amide bonds. The average molecular weight is 650 g/mol. The fourth-order valence-corrected chi connectivity index (χ4v) is 8.72. The Labute approximate surface area is 263 Å². The lowest BCUT2D eigenvalue weighted by Gasteiger charge is -2.41. The van der Waals surface area contributed by atoms with E-state index in [0.29, 0.717) is 35.0 Å². The topological polar surface area (TPSA) is 102 Å². The van der Waals surface area contributed by atoms with E-state index in [1.807, 2.05) is 11.4 Å². The average Bonchev–Trinajstić information content (AvgIpc) is 3.63. The second kappa shape index (κ2) is 13.1. The molecule has 3 fully saturated rings. The molecule has 5 heterocycles. The first-order valence-electron chi connectivity index (χ1n) is 14.6. The molecule has 0 bridgehead atoms. The summed E-state index contributed by atoms with van der Waals surface area (Å²) in [6.07, 6.45) is 10.3. The molecule has 224 valence electrons. The van der Waals surface area contributed by atoms with Crippen LogP contribution in [0.15, 0.2) is 23.7 Å². The zero-order valence-electron chi connectivity index (χ0n) is 23.2. The minimum absolute atomic E-state index is 0.250. The predicted molar refractivity (Wildman–Crippen MR) is 171 cm³/mol. The van der Waals surface area contributed by atoms with E-state index in [0.717, 1.165) is 54.6 Å². The minimum atomic E-state index is -0.896. The number of rotatable bonds is 7. The number of carboxylic acid groups (broad SMARTS) is 1. The molecule has 0 radical (unpaired) electrons. The number of piperazine rings is 1. The Balaban J connectivity index is 1.19. The van der Waals surface area contributed by atoms with Crippen molar-refractivity contribution >= 4 is 73.7 Å². The third kappa shape index (κ3) is 6.40. The minimum Gasteiger partial charge on any atom is -0.480 e. The van der Waals surface area contributed by atoms with Crippen molar-refractivity contribution in [1.29, 1.82) is 0 Å². The third-order valence-corrected chi connectivity index (χ3v) is 11.1. The number of anilines is 3. The van der Waals surface area contributed by atoms with Gasteiger partial charge < -0.3 is 14.9 Å². The van der Waals surface area contributed by atoms with Crippen molar-refractivity contribution in [3.05, 3.63) is 39.3 Å². The van der Waals surface area contributed by atoms with Gasteiger partial charge >= 0.3 is 5.97 Å². The summed E-state index contributed by atoms with van der Waals surface area (Å²) in [6, 6.07) is 3.49. The molecule has 2 N–H and O–H groups in total. The Hall–Kier alpha value is -2.44. The summed E-state index contributed by atoms with van der Waals surface area (Å²) in [4.78, 5) is 42.0. The van der Waals surface area contributed by atoms with E-state index < -0.39 is 12.0 Å². The highest BCUT2D eigenvalue weighted by molar-refractivity contribution is 7.21. The van der Waals surface area contributed by atoms with E-state index in [1.54, 1.807) is 22.3 Å². The second-order valence-electron chi connectivity index (χ2n) is 11.1. The van der Waals surface area contributed by atoms with Crippen molar-refractivity contribution in [2.24, 2.45) is 0 Å². The fraction of sp³-hybridized carbons (Fsp3) is 0.517. The molecule has 3 aromatic rings. The van der Waals surface area contributed by atoms with Crippen LogP contribution in [0.1, 0.15) is 61.7 Å². The number of carbonyl (C=O) groups excluding carboxylic acids is 1. The lowest BCUT2D eigenvalue weighted by molar-refractivity contribution is -0.139. The van der Waals surface area contributed by atoms with Gasteiger partial charge in [0.05, 0.1) is 20.5 Å². The van der Waals surface area contributed by atoms with Crippen LogP contribution < -0.4 is 15.1 Å². The zero-order valence-corrected chi connectivity index (χ0v) is 26.4. The zero-order chi connectivity index (χ0) is 29.2. The highest BCUT2D eigenvalue weighted by Gasteiger charge is 2.32. The number of nitrogens with zero attached hydrogens (tertiary/aromatic N) is 5. The van der Waals surface area contributed by atoms with Crippen LogP contribution in [-0.2, 0) is 4.79 Å². The monoisotopic (exact) mass is 648 g/mol. The molecule has 1 saturated carbocycles. The number of hydrogen-bond donors (Lipinski definition) is 2. The van der Waals surface area contributed by atoms with Gasteiger partial charge in [-0.3, -0.25) is 15.0 Å². The number of pyridine rings is 1. The lowest BCUT2D eigenvalue weighted by atomic mass is 9.94. The van der Waals surface area contributed by atoms with E-state index in [1.165, 1.54) is 49.6 Å². The number of aliphatic carboxylic acids is 1. The van der Waals surface area contributed by atoms with Gasteiger partial charge in [0, 0.05) is 50.3 Å². The number of hydrogen-bond acceptors (Lipinski definition) is 9. The van der Waals surface area contributed by atoms with Crippen LogP contribution in [-0.4, -0.2) is 76.7 Å². The van der Waals surface area contributed by atoms with Crippen molar-refractivity contribution < 1.29 is 14.7 Å². The number of thiazole rings is 1. The number of halogens is 2. The van der Waals surface area contributed by atoms with Gasteiger partial charge in [-0.25, -0.2) is 14.8 Å². The van der Waals surface area contributed by atoms with Crippen molar-refractivity contribution in [2.75, 3.05) is 47.8 Å². The van der Waals surface area contributed by atoms with Crippen LogP contribution in [0.5, 0.6) is 0 Å². The quantitative estimate of drug-likeness (QED) is 0.291. The standard InChI is InChI=1S/C29H34Cl2N6O3S2/c30-19-15-23(41-17-19)24-27(36-12-10-35(11-13-36)20-6-2-1-3-7-20)42-29(33-24)34-26(38)18-14-21(31)25(32-16-18)37-9-5-4-8-22(37)28(39)40/h14-17,20,22H,1-13H2,(H,39,40)(H,33,34,38). The van der Waals surface area contributed by atoms with E-state index in [-0.39, 0.29) is 16.5 Å². The van der Waals surface area contributed by atoms with E-state index >= 15 is 0 Å². The van der Waals surface area contributed by atoms with Gasteiger partial charge in [-0.1, -0.05) is 53.8 Å². The van der Waals surface area contributed by atoms with Crippen LogP contribution in [0.4, 0.5) is 16.0 Å². The molecule has 13 heteroatoms. The molecular weight excluding hydrogens is 615 g/mol. The fourth-order valence-electron chi connectivity index (χ4n) is 6.29. The maximum Gasteiger partial charge on any atom is 0.326 e. The number of thiophene rings is 1. The summed E-state index contributed by atoms with van der Waals surface area (Å²) in [5.74, 6) is -0.879. The molecule has 9 nitrogen and oxygen atoms in total. The molecule has 3 aromatic heterocycles. The number of nitrogens with one attached hydrogen (secondary N) is 1. The van der Waals surface area contributed by atoms with Gasteiger partial charge in [-0.05, 0) is 44.2 Å². The SMILES string of the molecule is O=C(Nc1nc(-c2cc(Cl)cs2)c(N2CCN(C3CCCCC3)CC2)s1)c1cnc(N2CCCCC2C(=O)O)c(Cl)c1. The largest absolute Gasteiger partial charge is 0.480 e. The highest BCUT2D eigenvalue weighted by Crippen LogP contribution is 2.42. The Morgan fingerprint density at radius 2 is 1.74 bits per heavy atom. The normalized spacial score (nSPS) is 20.6. The first-order valence-corrected chi connectivity index (χ1v) is 17.0. The van der Waals surface area contributed by atoms with E-state index in [2.05, 4.69) is 20.1 Å². The summed E-state index contributed by atoms with van der Waals surface area (Å²) < 4.78 is 0. The Morgan fingerprint density at radius 3 is 2.43 bits per heavy atom. The molecule has 1 unspecified atom stereocenters. The van der Waals surface area contributed by atoms with Gasteiger partial charge in [0.15, 0.2) is 5.13 Å². The molecular formula is C29H34Cl2N6O3S2. The summed E-state index contributed by atoms with van der Waals surface area (Å²) >= 11 is 15.8. The smallest absolute Gasteiger partial charge is 0.326 e. The molecule has 2 saturated heterocycles. The number of carbonyl (C=O) groups is 2. The maximum absolute atomic E-state index is 13.3. The number of piperidine rings is 1. The second-order valence-corrected chi connectivity index (χ2v) is 13.9. The van der Waals surface area contributed by atoms with Crippen LogP contribution in [0.3, 0.4) is 0 Å². The molecule has 0 spiro atoms. The first-order chi connectivity index (χ1) is 20.4. The van der Waals surface area contributed by atoms with Crippen molar-refractivity contribution in [3.8, 4) is 10.6 Å². The van der Waals surface area contributed by atoms with Gasteiger partial charge in [0.25, 0.3) is 5.91 Å². The number of amides is 1. The Bertz CT molecular complexity index is 1430. The lowest BCUT2D eigenvalue weighted by Crippen LogP contribution is -2.50. The van der Waals surface area contributed by atoms with Gasteiger partial charge in [-0.15, -0.1) is 11.3 Å². The first kappa shape index (κ1) is 29.6. The maximum atomic E-state index is 13.3. The number of aromatic nitrogens is 2. The molecule has 0 aromatic carbocycles. The van der Waals surface area contributed by atoms with Crippen molar-refractivity contribution in [3.63, 3.8) is 0 Å². The van der Waals surface area contributed by atoms with Crippen LogP contribution >= 0.6 is 45.9 Å². The summed E-state index contributed by atoms with van der Waals surface area (Å²) in [7, 11) is 0. The molecule has 6 rings (SSSR count). The van der Waals surface area contributed by atoms with Crippen LogP contribution in [0.2, 0.25) is 10.0 Å². The van der Waals surface area contributed by atoms with Crippen molar-refractivity contribution in [2.45, 2.75) is 63.5 Å². The molecule has 1 aliphatic carbocycles. The molecule has 2 aliphatic heterocycles. The highest BCUT2D eigenvalue weighted by atomic mass is 35.5. The Morgan fingerprint density at radius 1 is 0.976 bits per heavy atom.